The van der Waals surface area contributed by atoms with Crippen LogP contribution < -0.4 is 10.6 Å². The number of rotatable bonds is 9. The number of hydrogen-bond donors (Lipinski definition) is 3. The molecule has 2 aliphatic rings. The number of allylic oxidation sites excluding steroid dienone is 2. The van der Waals surface area contributed by atoms with Gasteiger partial charge < -0.3 is 25.5 Å². The molecule has 166 valence electrons. The van der Waals surface area contributed by atoms with Gasteiger partial charge in [-0.3, -0.25) is 4.79 Å². The van der Waals surface area contributed by atoms with Crippen LogP contribution in [0.5, 0.6) is 0 Å². The van der Waals surface area contributed by atoms with Crippen molar-refractivity contribution in [3.63, 3.8) is 0 Å². The van der Waals surface area contributed by atoms with Gasteiger partial charge in [0.25, 0.3) is 5.91 Å². The molecule has 0 bridgehead atoms. The highest BCUT2D eigenvalue weighted by Crippen LogP contribution is 2.18. The van der Waals surface area contributed by atoms with Crippen LogP contribution in [0.15, 0.2) is 71.1 Å². The van der Waals surface area contributed by atoms with Gasteiger partial charge >= 0.3 is 0 Å². The zero-order valence-corrected chi connectivity index (χ0v) is 18.9. The number of nitrogens with one attached hydrogen (secondary N) is 2. The molecule has 0 saturated carbocycles. The molecule has 1 atom stereocenters. The molecule has 0 radical (unpaired) electrons. The van der Waals surface area contributed by atoms with Gasteiger partial charge in [-0.15, -0.1) is 0 Å². The third kappa shape index (κ3) is 6.72. The van der Waals surface area contributed by atoms with E-state index in [1.807, 2.05) is 73.8 Å². The molecule has 0 spiro atoms. The van der Waals surface area contributed by atoms with E-state index < -0.39 is 6.10 Å². The van der Waals surface area contributed by atoms with Crippen molar-refractivity contribution < 1.29 is 9.90 Å². The number of hydrogen-bond acceptors (Lipinski definition) is 5. The number of aliphatic hydroxyl groups excluding tert-OH is 1. The summed E-state index contributed by atoms with van der Waals surface area (Å²) in [5.74, 6) is 0.00699. The summed E-state index contributed by atoms with van der Waals surface area (Å²) < 4.78 is 0. The molecule has 7 heteroatoms. The second kappa shape index (κ2) is 11.2. The fourth-order valence-electron chi connectivity index (χ4n) is 3.52. The lowest BCUT2D eigenvalue weighted by molar-refractivity contribution is 0.0807. The summed E-state index contributed by atoms with van der Waals surface area (Å²) in [5, 5.41) is 17.5. The van der Waals surface area contributed by atoms with Crippen molar-refractivity contribution in [2.24, 2.45) is 0 Å². The maximum Gasteiger partial charge on any atom is 0.253 e. The minimum absolute atomic E-state index is 0.00699. The van der Waals surface area contributed by atoms with Crippen LogP contribution in [0.3, 0.4) is 0 Å². The predicted octanol–water partition coefficient (Wildman–Crippen LogP) is 2.25. The van der Waals surface area contributed by atoms with Crippen molar-refractivity contribution in [3.8, 4) is 0 Å². The smallest absolute Gasteiger partial charge is 0.253 e. The Labute approximate surface area is 189 Å². The van der Waals surface area contributed by atoms with Crippen LogP contribution >= 0.6 is 11.6 Å². The monoisotopic (exact) mass is 442 g/mol. The molecule has 3 rings (SSSR count). The van der Waals surface area contributed by atoms with E-state index in [2.05, 4.69) is 10.6 Å². The third-order valence-corrected chi connectivity index (χ3v) is 5.81. The fourth-order valence-corrected chi connectivity index (χ4v) is 3.64. The Kier molecular flexibility index (Phi) is 8.35. The van der Waals surface area contributed by atoms with Crippen LogP contribution in [0.25, 0.3) is 0 Å². The van der Waals surface area contributed by atoms with Crippen LogP contribution in [0.1, 0.15) is 15.9 Å². The molecular weight excluding hydrogens is 412 g/mol. The second-order valence-electron chi connectivity index (χ2n) is 7.94. The van der Waals surface area contributed by atoms with E-state index in [1.165, 1.54) is 0 Å². The third-order valence-electron chi connectivity index (χ3n) is 5.40. The largest absolute Gasteiger partial charge is 0.387 e. The molecular formula is C24H31ClN4O2. The summed E-state index contributed by atoms with van der Waals surface area (Å²) in [6.07, 6.45) is 10.0. The SMILES string of the molecule is CN(CC1=CNCC=C1)C(=O)c1ccc(CCNCC(O)C2=CC=C(Cl)N(C)C2)cc1. The molecule has 0 aliphatic carbocycles. The Bertz CT molecular complexity index is 889. The summed E-state index contributed by atoms with van der Waals surface area (Å²) in [7, 11) is 3.72. The second-order valence-corrected chi connectivity index (χ2v) is 8.33. The van der Waals surface area contributed by atoms with E-state index in [0.29, 0.717) is 30.4 Å². The Morgan fingerprint density at radius 1 is 1.32 bits per heavy atom. The summed E-state index contributed by atoms with van der Waals surface area (Å²) in [6.45, 7) is 3.28. The van der Waals surface area contributed by atoms with Crippen molar-refractivity contribution in [1.82, 2.24) is 20.4 Å². The standard InChI is InChI=1S/C24H31ClN4O2/c1-28-17-21(9-10-23(28)25)22(30)15-27-13-11-18-5-7-20(8-6-18)24(31)29(2)16-19-4-3-12-26-14-19/h3-10,14,22,26-27,30H,11-13,15-17H2,1-2H3. The quantitative estimate of drug-likeness (QED) is 0.404. The summed E-state index contributed by atoms with van der Waals surface area (Å²) in [4.78, 5) is 16.3. The highest BCUT2D eigenvalue weighted by Gasteiger charge is 2.16. The summed E-state index contributed by atoms with van der Waals surface area (Å²) >= 11 is 6.04. The van der Waals surface area contributed by atoms with Gasteiger partial charge in [0.2, 0.25) is 0 Å². The number of amides is 1. The maximum atomic E-state index is 12.7. The lowest BCUT2D eigenvalue weighted by atomic mass is 10.1. The number of nitrogens with zero attached hydrogens (tertiary/aromatic N) is 2. The van der Waals surface area contributed by atoms with Crippen molar-refractivity contribution in [2.45, 2.75) is 12.5 Å². The van der Waals surface area contributed by atoms with Crippen molar-refractivity contribution in [3.05, 3.63) is 82.2 Å². The summed E-state index contributed by atoms with van der Waals surface area (Å²) in [6, 6.07) is 7.74. The molecule has 6 nitrogen and oxygen atoms in total. The van der Waals surface area contributed by atoms with Gasteiger partial charge in [0.15, 0.2) is 0 Å². The Hall–Kier alpha value is -2.54. The zero-order chi connectivity index (χ0) is 22.2. The highest BCUT2D eigenvalue weighted by atomic mass is 35.5. The van der Waals surface area contributed by atoms with Gasteiger partial charge in [0, 0.05) is 52.0 Å². The minimum Gasteiger partial charge on any atom is -0.387 e. The number of dihydropyridines is 1. The molecule has 2 aliphatic heterocycles. The lowest BCUT2D eigenvalue weighted by Crippen LogP contribution is -2.34. The Morgan fingerprint density at radius 2 is 2.10 bits per heavy atom. The molecule has 2 heterocycles. The van der Waals surface area contributed by atoms with Gasteiger partial charge in [0.05, 0.1) is 6.10 Å². The summed E-state index contributed by atoms with van der Waals surface area (Å²) in [5.41, 5.74) is 3.86. The molecule has 1 unspecified atom stereocenters. The first-order valence-corrected chi connectivity index (χ1v) is 10.9. The van der Waals surface area contributed by atoms with Crippen LogP contribution in [0, 0.1) is 0 Å². The first kappa shape index (κ1) is 23.1. The lowest BCUT2D eigenvalue weighted by Gasteiger charge is -2.26. The van der Waals surface area contributed by atoms with Crippen molar-refractivity contribution in [1.29, 1.82) is 0 Å². The molecule has 0 aromatic heterocycles. The van der Waals surface area contributed by atoms with Crippen molar-refractivity contribution in [2.75, 3.05) is 46.8 Å². The van der Waals surface area contributed by atoms with Gasteiger partial charge in [-0.05, 0) is 47.9 Å². The predicted molar refractivity (Wildman–Crippen MR) is 126 cm³/mol. The first-order valence-electron chi connectivity index (χ1n) is 10.5. The van der Waals surface area contributed by atoms with E-state index in [-0.39, 0.29) is 5.91 Å². The number of carbonyl (C=O) groups excluding carboxylic acids is 1. The van der Waals surface area contributed by atoms with E-state index in [1.54, 1.807) is 4.90 Å². The van der Waals surface area contributed by atoms with E-state index in [4.69, 9.17) is 11.6 Å². The van der Waals surface area contributed by atoms with Crippen LogP contribution in [-0.4, -0.2) is 73.7 Å². The van der Waals surface area contributed by atoms with E-state index in [9.17, 15) is 9.90 Å². The molecule has 1 amide bonds. The number of likely N-dealkylation sites (N-methyl/N-ethyl adjacent to an activating group) is 2. The van der Waals surface area contributed by atoms with E-state index in [0.717, 1.165) is 36.2 Å². The van der Waals surface area contributed by atoms with Gasteiger partial charge in [-0.2, -0.15) is 0 Å². The molecule has 3 N–H and O–H groups in total. The van der Waals surface area contributed by atoms with E-state index >= 15 is 0 Å². The molecule has 1 aromatic carbocycles. The van der Waals surface area contributed by atoms with Gasteiger partial charge in [0.1, 0.15) is 5.16 Å². The normalized spacial score (nSPS) is 16.8. The van der Waals surface area contributed by atoms with Gasteiger partial charge in [-0.1, -0.05) is 42.0 Å². The first-order chi connectivity index (χ1) is 14.9. The van der Waals surface area contributed by atoms with Crippen LogP contribution in [-0.2, 0) is 6.42 Å². The average Bonchev–Trinajstić information content (AvgIpc) is 2.79. The minimum atomic E-state index is -0.539. The zero-order valence-electron chi connectivity index (χ0n) is 18.1. The number of halogens is 1. The highest BCUT2D eigenvalue weighted by molar-refractivity contribution is 6.29. The molecule has 31 heavy (non-hydrogen) atoms. The number of benzene rings is 1. The molecule has 1 aromatic rings. The molecule has 0 fully saturated rings. The van der Waals surface area contributed by atoms with Crippen molar-refractivity contribution >= 4 is 17.5 Å². The fraction of sp³-hybridized carbons (Fsp3) is 0.375. The number of carbonyl (C=O) groups is 1. The Balaban J connectivity index is 1.41. The maximum absolute atomic E-state index is 12.7. The van der Waals surface area contributed by atoms with Crippen LogP contribution in [0.2, 0.25) is 0 Å². The average molecular weight is 443 g/mol. The van der Waals surface area contributed by atoms with Gasteiger partial charge in [-0.25, -0.2) is 0 Å². The number of aliphatic hydroxyl groups is 1. The topological polar surface area (TPSA) is 67.8 Å². The van der Waals surface area contributed by atoms with Crippen LogP contribution in [0.4, 0.5) is 0 Å². The Morgan fingerprint density at radius 3 is 2.77 bits per heavy atom. The molecule has 0 saturated heterocycles.